The molecule has 1 aromatic carbocycles. The van der Waals surface area contributed by atoms with Gasteiger partial charge in [0.05, 0.1) is 0 Å². The van der Waals surface area contributed by atoms with Gasteiger partial charge in [-0.3, -0.25) is 0 Å². The molecule has 0 aliphatic carbocycles. The summed E-state index contributed by atoms with van der Waals surface area (Å²) in [6, 6.07) is 11.0. The molecule has 2 rings (SSSR count). The minimum absolute atomic E-state index is 0.769. The molecular weight excluding hydrogens is 235 g/mol. The Bertz CT molecular complexity index is 338. The Labute approximate surface area is 92.6 Å². The Kier molecular flexibility index (Phi) is 3.10. The number of hydrogen-bond acceptors (Lipinski definition) is 0. The fourth-order valence-electron chi connectivity index (χ4n) is 1.74. The molecule has 0 aromatic heterocycles. The third-order valence-electron chi connectivity index (χ3n) is 2.89. The Balaban J connectivity index is 2.17. The molecule has 0 radical (unpaired) electrons. The van der Waals surface area contributed by atoms with Gasteiger partial charge in [-0.25, -0.2) is 0 Å². The summed E-state index contributed by atoms with van der Waals surface area (Å²) >= 11 is 0.769. The van der Waals surface area contributed by atoms with Gasteiger partial charge in [-0.2, -0.15) is 0 Å². The van der Waals surface area contributed by atoms with E-state index in [2.05, 4.69) is 44.2 Å². The van der Waals surface area contributed by atoms with Crippen molar-refractivity contribution in [2.24, 2.45) is 0 Å². The van der Waals surface area contributed by atoms with Crippen LogP contribution in [0.3, 0.4) is 0 Å². The summed E-state index contributed by atoms with van der Waals surface area (Å²) < 4.78 is 0. The van der Waals surface area contributed by atoms with Crippen molar-refractivity contribution >= 4 is 15.0 Å². The van der Waals surface area contributed by atoms with Gasteiger partial charge in [0.1, 0.15) is 0 Å². The van der Waals surface area contributed by atoms with Gasteiger partial charge in [0, 0.05) is 0 Å². The fraction of sp³-hybridized carbons (Fsp3) is 0.385. The van der Waals surface area contributed by atoms with Crippen LogP contribution >= 0.6 is 0 Å². The number of benzene rings is 1. The Morgan fingerprint density at radius 3 is 2.43 bits per heavy atom. The van der Waals surface area contributed by atoms with Crippen molar-refractivity contribution in [3.63, 3.8) is 0 Å². The molecule has 0 saturated heterocycles. The SMILES string of the molecule is CC1=C(C)CC(c2ccccc2)[Se]C1. The molecule has 1 aromatic rings. The van der Waals surface area contributed by atoms with Gasteiger partial charge >= 0.3 is 92.4 Å². The normalized spacial score (nSPS) is 22.6. The number of rotatable bonds is 1. The zero-order valence-electron chi connectivity index (χ0n) is 8.79. The van der Waals surface area contributed by atoms with E-state index in [9.17, 15) is 0 Å². The van der Waals surface area contributed by atoms with Crippen LogP contribution < -0.4 is 0 Å². The summed E-state index contributed by atoms with van der Waals surface area (Å²) in [5, 5.41) is 1.35. The molecule has 1 heteroatoms. The van der Waals surface area contributed by atoms with Crippen LogP contribution in [-0.2, 0) is 0 Å². The van der Waals surface area contributed by atoms with Crippen molar-refractivity contribution < 1.29 is 0 Å². The third-order valence-corrected chi connectivity index (χ3v) is 5.92. The summed E-state index contributed by atoms with van der Waals surface area (Å²) in [6.07, 6.45) is 1.29. The van der Waals surface area contributed by atoms with Gasteiger partial charge in [0.2, 0.25) is 0 Å². The zero-order chi connectivity index (χ0) is 9.97. The molecule has 0 saturated carbocycles. The first kappa shape index (κ1) is 10.0. The summed E-state index contributed by atoms with van der Waals surface area (Å²) in [5.74, 6) is 0. The van der Waals surface area contributed by atoms with E-state index in [1.54, 1.807) is 16.7 Å². The van der Waals surface area contributed by atoms with Crippen LogP contribution in [0.2, 0.25) is 5.32 Å². The maximum atomic E-state index is 2.29. The van der Waals surface area contributed by atoms with Gasteiger partial charge in [0.25, 0.3) is 0 Å². The van der Waals surface area contributed by atoms with Crippen molar-refractivity contribution in [1.82, 2.24) is 0 Å². The number of allylic oxidation sites excluding steroid dienone is 2. The molecular formula is C13H16Se. The quantitative estimate of drug-likeness (QED) is 0.528. The van der Waals surface area contributed by atoms with E-state index < -0.39 is 0 Å². The Morgan fingerprint density at radius 2 is 1.79 bits per heavy atom. The molecule has 0 amide bonds. The van der Waals surface area contributed by atoms with Crippen LogP contribution in [0.1, 0.15) is 30.6 Å². The topological polar surface area (TPSA) is 0 Å². The van der Waals surface area contributed by atoms with Crippen LogP contribution in [-0.4, -0.2) is 15.0 Å². The van der Waals surface area contributed by atoms with Gasteiger partial charge in [-0.05, 0) is 0 Å². The van der Waals surface area contributed by atoms with Crippen LogP contribution in [0, 0.1) is 0 Å². The molecule has 0 N–H and O–H groups in total. The standard InChI is InChI=1S/C13H16Se/c1-10-8-13(14-9-11(10)2)12-6-4-3-5-7-12/h3-7,13H,8-9H2,1-2H3. The molecule has 0 nitrogen and oxygen atoms in total. The molecule has 14 heavy (non-hydrogen) atoms. The maximum absolute atomic E-state index is 2.29. The molecule has 0 fully saturated rings. The molecule has 1 heterocycles. The first-order valence-electron chi connectivity index (χ1n) is 5.09. The van der Waals surface area contributed by atoms with E-state index in [0.717, 1.165) is 19.8 Å². The Morgan fingerprint density at radius 1 is 1.07 bits per heavy atom. The van der Waals surface area contributed by atoms with E-state index in [-0.39, 0.29) is 0 Å². The average molecular weight is 251 g/mol. The molecule has 1 aliphatic rings. The van der Waals surface area contributed by atoms with Crippen molar-refractivity contribution in [1.29, 1.82) is 0 Å². The summed E-state index contributed by atoms with van der Waals surface area (Å²) in [6.45, 7) is 4.58. The zero-order valence-corrected chi connectivity index (χ0v) is 10.5. The van der Waals surface area contributed by atoms with Gasteiger partial charge in [-0.1, -0.05) is 0 Å². The first-order valence-corrected chi connectivity index (χ1v) is 7.29. The van der Waals surface area contributed by atoms with E-state index in [4.69, 9.17) is 0 Å². The predicted molar refractivity (Wildman–Crippen MR) is 62.7 cm³/mol. The second-order valence-corrected chi connectivity index (χ2v) is 6.47. The molecule has 1 aliphatic heterocycles. The average Bonchev–Trinajstić information content (AvgIpc) is 2.23. The molecule has 1 atom stereocenters. The molecule has 0 bridgehead atoms. The Hall–Kier alpha value is -0.521. The summed E-state index contributed by atoms with van der Waals surface area (Å²) in [4.78, 5) is 0.826. The van der Waals surface area contributed by atoms with Crippen molar-refractivity contribution in [3.05, 3.63) is 47.0 Å². The van der Waals surface area contributed by atoms with Gasteiger partial charge in [0.15, 0.2) is 0 Å². The minimum atomic E-state index is 0.769. The van der Waals surface area contributed by atoms with Crippen molar-refractivity contribution in [3.8, 4) is 0 Å². The van der Waals surface area contributed by atoms with E-state index in [1.807, 2.05) is 0 Å². The second kappa shape index (κ2) is 4.33. The molecule has 74 valence electrons. The molecule has 1 unspecified atom stereocenters. The van der Waals surface area contributed by atoms with E-state index in [0.29, 0.717) is 0 Å². The van der Waals surface area contributed by atoms with Crippen LogP contribution in [0.15, 0.2) is 41.5 Å². The van der Waals surface area contributed by atoms with Crippen molar-refractivity contribution in [2.75, 3.05) is 0 Å². The second-order valence-electron chi connectivity index (χ2n) is 3.98. The third kappa shape index (κ3) is 2.10. The summed E-state index contributed by atoms with van der Waals surface area (Å²) in [7, 11) is 0. The van der Waals surface area contributed by atoms with Crippen molar-refractivity contribution in [2.45, 2.75) is 30.4 Å². The van der Waals surface area contributed by atoms with Gasteiger partial charge in [-0.15, -0.1) is 0 Å². The number of hydrogen-bond donors (Lipinski definition) is 0. The van der Waals surface area contributed by atoms with Crippen LogP contribution in [0.25, 0.3) is 0 Å². The fourth-order valence-corrected chi connectivity index (χ4v) is 4.71. The van der Waals surface area contributed by atoms with Crippen LogP contribution in [0.5, 0.6) is 0 Å². The predicted octanol–water partition coefficient (Wildman–Crippen LogP) is 3.59. The summed E-state index contributed by atoms with van der Waals surface area (Å²) in [5.41, 5.74) is 4.79. The monoisotopic (exact) mass is 252 g/mol. The van der Waals surface area contributed by atoms with Gasteiger partial charge < -0.3 is 0 Å². The first-order chi connectivity index (χ1) is 6.77. The molecule has 0 spiro atoms. The van der Waals surface area contributed by atoms with E-state index >= 15 is 0 Å². The van der Waals surface area contributed by atoms with Crippen LogP contribution in [0.4, 0.5) is 0 Å². The van der Waals surface area contributed by atoms with E-state index in [1.165, 1.54) is 11.7 Å².